The standard InChI is InChI=1S/C21H18N2O5S/c22-29(24,25)19-8-4-7-18(13-19)27-21-14-20(28-23-21)15-9-11-17(12-10-15)26-16-5-2-1-3-6-16/h1-14,20,23H,(H2,22,24,25)/t20-/m1/s1. The fraction of sp³-hybridized carbons (Fsp3) is 0.0476. The van der Waals surface area contributed by atoms with Crippen molar-refractivity contribution < 1.29 is 22.7 Å². The molecule has 0 unspecified atom stereocenters. The molecule has 0 fully saturated rings. The fourth-order valence-corrected chi connectivity index (χ4v) is 3.29. The Morgan fingerprint density at radius 1 is 0.828 bits per heavy atom. The molecule has 0 aliphatic carbocycles. The van der Waals surface area contributed by atoms with E-state index in [-0.39, 0.29) is 11.0 Å². The van der Waals surface area contributed by atoms with E-state index in [0.717, 1.165) is 11.3 Å². The second-order valence-corrected chi connectivity index (χ2v) is 7.84. The van der Waals surface area contributed by atoms with Gasteiger partial charge >= 0.3 is 0 Å². The van der Waals surface area contributed by atoms with E-state index in [2.05, 4.69) is 5.48 Å². The molecule has 1 aliphatic heterocycles. The molecule has 148 valence electrons. The monoisotopic (exact) mass is 410 g/mol. The summed E-state index contributed by atoms with van der Waals surface area (Å²) < 4.78 is 34.3. The fourth-order valence-electron chi connectivity index (χ4n) is 2.74. The maximum absolute atomic E-state index is 11.5. The van der Waals surface area contributed by atoms with Gasteiger partial charge in [0.05, 0.1) is 4.90 Å². The first-order valence-electron chi connectivity index (χ1n) is 8.74. The van der Waals surface area contributed by atoms with E-state index < -0.39 is 10.0 Å². The van der Waals surface area contributed by atoms with Gasteiger partial charge in [0.2, 0.25) is 15.9 Å². The lowest BCUT2D eigenvalue weighted by Crippen LogP contribution is -2.14. The summed E-state index contributed by atoms with van der Waals surface area (Å²) in [6, 6.07) is 22.9. The van der Waals surface area contributed by atoms with Crippen LogP contribution in [0.3, 0.4) is 0 Å². The molecule has 8 heteroatoms. The van der Waals surface area contributed by atoms with Gasteiger partial charge in [-0.1, -0.05) is 36.4 Å². The summed E-state index contributed by atoms with van der Waals surface area (Å²) in [4.78, 5) is 5.50. The third-order valence-corrected chi connectivity index (χ3v) is 5.05. The molecule has 3 aromatic rings. The summed E-state index contributed by atoms with van der Waals surface area (Å²) in [6.07, 6.45) is 1.38. The molecule has 0 radical (unpaired) electrons. The summed E-state index contributed by atoms with van der Waals surface area (Å²) in [5.74, 6) is 2.15. The van der Waals surface area contributed by atoms with Crippen LogP contribution in [0.4, 0.5) is 0 Å². The van der Waals surface area contributed by atoms with Crippen molar-refractivity contribution >= 4 is 10.0 Å². The van der Waals surface area contributed by atoms with Crippen molar-refractivity contribution in [2.24, 2.45) is 5.14 Å². The molecule has 7 nitrogen and oxygen atoms in total. The average Bonchev–Trinajstić information content (AvgIpc) is 3.17. The van der Waals surface area contributed by atoms with Gasteiger partial charge in [-0.05, 0) is 42.0 Å². The van der Waals surface area contributed by atoms with Crippen molar-refractivity contribution in [3.8, 4) is 17.2 Å². The Morgan fingerprint density at radius 3 is 2.24 bits per heavy atom. The Balaban J connectivity index is 1.43. The minimum atomic E-state index is -3.80. The Hall–Kier alpha value is -3.33. The van der Waals surface area contributed by atoms with Gasteiger partial charge in [-0.15, -0.1) is 0 Å². The van der Waals surface area contributed by atoms with Crippen LogP contribution in [0.2, 0.25) is 0 Å². The van der Waals surface area contributed by atoms with E-state index in [9.17, 15) is 8.42 Å². The van der Waals surface area contributed by atoms with E-state index in [1.807, 2.05) is 54.6 Å². The zero-order chi connectivity index (χ0) is 20.3. The number of benzene rings is 3. The third kappa shape index (κ3) is 4.75. The number of primary sulfonamides is 1. The van der Waals surface area contributed by atoms with Crippen molar-refractivity contribution in [3.05, 3.63) is 96.4 Å². The number of nitrogens with two attached hydrogens (primary N) is 1. The Labute approximate surface area is 168 Å². The molecule has 0 amide bonds. The molecule has 0 aromatic heterocycles. The number of ether oxygens (including phenoxy) is 2. The van der Waals surface area contributed by atoms with Crippen molar-refractivity contribution in [2.75, 3.05) is 0 Å². The highest BCUT2D eigenvalue weighted by Gasteiger charge is 2.20. The number of sulfonamides is 1. The maximum Gasteiger partial charge on any atom is 0.238 e. The van der Waals surface area contributed by atoms with Gasteiger partial charge < -0.3 is 9.47 Å². The molecule has 0 saturated carbocycles. The van der Waals surface area contributed by atoms with Crippen LogP contribution >= 0.6 is 0 Å². The second-order valence-electron chi connectivity index (χ2n) is 6.28. The van der Waals surface area contributed by atoms with Crippen LogP contribution in [-0.4, -0.2) is 8.42 Å². The average molecular weight is 410 g/mol. The molecule has 3 N–H and O–H groups in total. The van der Waals surface area contributed by atoms with E-state index in [0.29, 0.717) is 17.4 Å². The molecule has 1 heterocycles. The molecule has 0 bridgehead atoms. The Bertz CT molecular complexity index is 1130. The van der Waals surface area contributed by atoms with Gasteiger partial charge in [-0.25, -0.2) is 19.0 Å². The van der Waals surface area contributed by atoms with Crippen molar-refractivity contribution in [1.29, 1.82) is 0 Å². The largest absolute Gasteiger partial charge is 0.457 e. The molecule has 1 atom stereocenters. The van der Waals surface area contributed by atoms with E-state index in [4.69, 9.17) is 19.5 Å². The van der Waals surface area contributed by atoms with Crippen LogP contribution in [0.5, 0.6) is 17.2 Å². The molecule has 4 rings (SSSR count). The molecule has 29 heavy (non-hydrogen) atoms. The van der Waals surface area contributed by atoms with Crippen LogP contribution in [0.25, 0.3) is 0 Å². The topological polar surface area (TPSA) is 99.9 Å². The molecule has 0 saturated heterocycles. The number of hydrogen-bond acceptors (Lipinski definition) is 6. The number of para-hydroxylation sites is 1. The zero-order valence-electron chi connectivity index (χ0n) is 15.2. The van der Waals surface area contributed by atoms with Crippen LogP contribution in [-0.2, 0) is 14.9 Å². The first-order chi connectivity index (χ1) is 14.0. The lowest BCUT2D eigenvalue weighted by molar-refractivity contribution is 0.0273. The Morgan fingerprint density at radius 2 is 1.52 bits per heavy atom. The van der Waals surface area contributed by atoms with Crippen molar-refractivity contribution in [3.63, 3.8) is 0 Å². The highest BCUT2D eigenvalue weighted by Crippen LogP contribution is 2.29. The van der Waals surface area contributed by atoms with Crippen molar-refractivity contribution in [1.82, 2.24) is 5.48 Å². The summed E-state index contributed by atoms with van der Waals surface area (Å²) in [6.45, 7) is 0. The molecule has 1 aliphatic rings. The van der Waals surface area contributed by atoms with Crippen LogP contribution < -0.4 is 20.1 Å². The smallest absolute Gasteiger partial charge is 0.238 e. The second kappa shape index (κ2) is 7.96. The molecule has 3 aromatic carbocycles. The Kier molecular flexibility index (Phi) is 5.22. The van der Waals surface area contributed by atoms with Crippen LogP contribution in [0, 0.1) is 0 Å². The number of nitrogens with one attached hydrogen (secondary N) is 1. The lowest BCUT2D eigenvalue weighted by atomic mass is 10.1. The van der Waals surface area contributed by atoms with Gasteiger partial charge in [-0.3, -0.25) is 4.84 Å². The number of rotatable bonds is 6. The van der Waals surface area contributed by atoms with E-state index in [1.165, 1.54) is 12.1 Å². The van der Waals surface area contributed by atoms with Gasteiger partial charge in [-0.2, -0.15) is 0 Å². The van der Waals surface area contributed by atoms with Crippen LogP contribution in [0.15, 0.2) is 95.7 Å². The maximum atomic E-state index is 11.5. The third-order valence-electron chi connectivity index (χ3n) is 4.14. The lowest BCUT2D eigenvalue weighted by Gasteiger charge is -2.09. The summed E-state index contributed by atoms with van der Waals surface area (Å²) in [5, 5.41) is 5.14. The summed E-state index contributed by atoms with van der Waals surface area (Å²) in [5.41, 5.74) is 3.59. The predicted octanol–water partition coefficient (Wildman–Crippen LogP) is 3.62. The minimum Gasteiger partial charge on any atom is -0.457 e. The summed E-state index contributed by atoms with van der Waals surface area (Å²) >= 11 is 0. The quantitative estimate of drug-likeness (QED) is 0.644. The van der Waals surface area contributed by atoms with Gasteiger partial charge in [0.1, 0.15) is 23.4 Å². The first kappa shape index (κ1) is 19.0. The molecular weight excluding hydrogens is 392 g/mol. The van der Waals surface area contributed by atoms with Gasteiger partial charge in [0.25, 0.3) is 0 Å². The molecular formula is C21H18N2O5S. The number of hydroxylamine groups is 1. The highest BCUT2D eigenvalue weighted by atomic mass is 32.2. The van der Waals surface area contributed by atoms with Crippen molar-refractivity contribution in [2.45, 2.75) is 11.0 Å². The first-order valence-corrected chi connectivity index (χ1v) is 10.3. The molecule has 0 spiro atoms. The SMILES string of the molecule is NS(=O)(=O)c1cccc(OC2=C[C@H](c3ccc(Oc4ccccc4)cc3)ON2)c1. The van der Waals surface area contributed by atoms with E-state index >= 15 is 0 Å². The minimum absolute atomic E-state index is 0.0277. The van der Waals surface area contributed by atoms with Gasteiger partial charge in [0.15, 0.2) is 0 Å². The predicted molar refractivity (Wildman–Crippen MR) is 106 cm³/mol. The normalized spacial score (nSPS) is 16.0. The number of hydrogen-bond donors (Lipinski definition) is 2. The van der Waals surface area contributed by atoms with E-state index in [1.54, 1.807) is 18.2 Å². The zero-order valence-corrected chi connectivity index (χ0v) is 16.0. The summed E-state index contributed by atoms with van der Waals surface area (Å²) in [7, 11) is -3.80. The van der Waals surface area contributed by atoms with Gasteiger partial charge in [0, 0.05) is 12.1 Å². The highest BCUT2D eigenvalue weighted by molar-refractivity contribution is 7.89. The van der Waals surface area contributed by atoms with Crippen LogP contribution in [0.1, 0.15) is 11.7 Å².